The van der Waals surface area contributed by atoms with Gasteiger partial charge in [-0.05, 0) is 25.5 Å². The molecule has 0 aromatic heterocycles. The highest BCUT2D eigenvalue weighted by Gasteiger charge is 2.21. The van der Waals surface area contributed by atoms with Crippen molar-refractivity contribution < 1.29 is 19.8 Å². The minimum Gasteiger partial charge on any atom is -0.508 e. The first-order valence-corrected chi connectivity index (χ1v) is 6.09. The van der Waals surface area contributed by atoms with E-state index in [4.69, 9.17) is 5.11 Å². The zero-order chi connectivity index (χ0) is 14.4. The molecule has 1 unspecified atom stereocenters. The molecule has 0 aliphatic heterocycles. The lowest BCUT2D eigenvalue weighted by molar-refractivity contribution is -0.139. The van der Waals surface area contributed by atoms with Crippen LogP contribution in [-0.2, 0) is 4.79 Å². The highest BCUT2D eigenvalue weighted by molar-refractivity contribution is 5.94. The Bertz CT molecular complexity index is 462. The van der Waals surface area contributed by atoms with E-state index in [1.54, 1.807) is 26.0 Å². The number of aromatic hydroxyl groups is 1. The fourth-order valence-electron chi connectivity index (χ4n) is 1.67. The summed E-state index contributed by atoms with van der Waals surface area (Å²) in [5.41, 5.74) is 0.514. The van der Waals surface area contributed by atoms with Crippen molar-refractivity contribution in [3.8, 4) is 5.75 Å². The van der Waals surface area contributed by atoms with E-state index in [9.17, 15) is 14.7 Å². The Kier molecular flexibility index (Phi) is 5.17. The first kappa shape index (κ1) is 14.8. The van der Waals surface area contributed by atoms with Crippen molar-refractivity contribution in [3.63, 3.8) is 0 Å². The number of carbonyl (C=O) groups excluding carboxylic acids is 1. The third-order valence-corrected chi connectivity index (χ3v) is 2.71. The Hall–Kier alpha value is -2.24. The Balaban J connectivity index is 2.85. The summed E-state index contributed by atoms with van der Waals surface area (Å²) in [6.07, 6.45) is 0.304. The number of hydrogen-bond donors (Lipinski definition) is 3. The summed E-state index contributed by atoms with van der Waals surface area (Å²) >= 11 is 0. The van der Waals surface area contributed by atoms with Crippen molar-refractivity contribution in [1.29, 1.82) is 0 Å². The van der Waals surface area contributed by atoms with E-state index in [1.807, 2.05) is 0 Å². The van der Waals surface area contributed by atoms with Crippen LogP contribution >= 0.6 is 0 Å². The quantitative estimate of drug-likeness (QED) is 0.758. The van der Waals surface area contributed by atoms with Crippen molar-refractivity contribution in [2.45, 2.75) is 26.3 Å². The molecule has 0 heterocycles. The molecule has 3 N–H and O–H groups in total. The fraction of sp³-hybridized carbons (Fsp3) is 0.385. The number of aliphatic carboxylic acids is 1. The largest absolute Gasteiger partial charge is 0.508 e. The van der Waals surface area contributed by atoms with Gasteiger partial charge in [0.25, 0.3) is 0 Å². The third-order valence-electron chi connectivity index (χ3n) is 2.71. The molecule has 0 aliphatic carbocycles. The van der Waals surface area contributed by atoms with Crippen LogP contribution in [0.15, 0.2) is 24.3 Å². The minimum absolute atomic E-state index is 0.0500. The number of carbonyl (C=O) groups is 2. The SMILES string of the molecule is CCC(NC(=O)N(CC)c1cccc(O)c1)C(=O)O. The molecule has 6 heteroatoms. The van der Waals surface area contributed by atoms with Crippen LogP contribution in [0.25, 0.3) is 0 Å². The number of carboxylic acid groups (broad SMARTS) is 1. The third kappa shape index (κ3) is 3.87. The second-order valence-electron chi connectivity index (χ2n) is 4.01. The first-order valence-electron chi connectivity index (χ1n) is 6.09. The molecular formula is C13H18N2O4. The van der Waals surface area contributed by atoms with E-state index in [0.29, 0.717) is 18.7 Å². The van der Waals surface area contributed by atoms with Gasteiger partial charge in [0.1, 0.15) is 11.8 Å². The Labute approximate surface area is 111 Å². The first-order chi connectivity index (χ1) is 8.99. The zero-order valence-electron chi connectivity index (χ0n) is 11.0. The number of nitrogens with zero attached hydrogens (tertiary/aromatic N) is 1. The van der Waals surface area contributed by atoms with Crippen LogP contribution in [0.1, 0.15) is 20.3 Å². The summed E-state index contributed by atoms with van der Waals surface area (Å²) in [6.45, 7) is 3.82. The molecule has 104 valence electrons. The van der Waals surface area contributed by atoms with Gasteiger partial charge in [0.15, 0.2) is 0 Å². The van der Waals surface area contributed by atoms with Crippen LogP contribution in [0.2, 0.25) is 0 Å². The van der Waals surface area contributed by atoms with Crippen LogP contribution in [0, 0.1) is 0 Å². The van der Waals surface area contributed by atoms with Gasteiger partial charge in [0.2, 0.25) is 0 Å². The van der Waals surface area contributed by atoms with Gasteiger partial charge in [-0.2, -0.15) is 0 Å². The van der Waals surface area contributed by atoms with Gasteiger partial charge in [-0.1, -0.05) is 13.0 Å². The normalized spacial score (nSPS) is 11.7. The lowest BCUT2D eigenvalue weighted by atomic mass is 10.2. The minimum atomic E-state index is -1.07. The van der Waals surface area contributed by atoms with E-state index in [0.717, 1.165) is 0 Å². The number of hydrogen-bond acceptors (Lipinski definition) is 3. The van der Waals surface area contributed by atoms with E-state index in [1.165, 1.54) is 17.0 Å². The van der Waals surface area contributed by atoms with Gasteiger partial charge >= 0.3 is 12.0 Å². The van der Waals surface area contributed by atoms with E-state index < -0.39 is 18.0 Å². The maximum atomic E-state index is 12.0. The molecule has 6 nitrogen and oxygen atoms in total. The van der Waals surface area contributed by atoms with Gasteiger partial charge < -0.3 is 15.5 Å². The highest BCUT2D eigenvalue weighted by Crippen LogP contribution is 2.20. The molecule has 1 rings (SSSR count). The zero-order valence-corrected chi connectivity index (χ0v) is 11.0. The molecule has 19 heavy (non-hydrogen) atoms. The summed E-state index contributed by atoms with van der Waals surface area (Å²) in [7, 11) is 0. The molecule has 2 amide bonds. The Morgan fingerprint density at radius 1 is 1.37 bits per heavy atom. The average Bonchev–Trinajstić information content (AvgIpc) is 2.36. The number of carboxylic acids is 1. The molecule has 0 fully saturated rings. The standard InChI is InChI=1S/C13H18N2O4/c1-3-11(12(17)18)14-13(19)15(4-2)9-6-5-7-10(16)8-9/h5-8,11,16H,3-4H2,1-2H3,(H,14,19)(H,17,18). The Morgan fingerprint density at radius 2 is 2.05 bits per heavy atom. The molecule has 0 radical (unpaired) electrons. The summed E-state index contributed by atoms with van der Waals surface area (Å²) in [5, 5.41) is 20.8. The molecule has 0 aliphatic rings. The van der Waals surface area contributed by atoms with Crippen molar-refractivity contribution in [3.05, 3.63) is 24.3 Å². The number of nitrogens with one attached hydrogen (secondary N) is 1. The second-order valence-corrected chi connectivity index (χ2v) is 4.01. The van der Waals surface area contributed by atoms with E-state index in [2.05, 4.69) is 5.32 Å². The average molecular weight is 266 g/mol. The van der Waals surface area contributed by atoms with Gasteiger partial charge in [-0.3, -0.25) is 4.90 Å². The number of anilines is 1. The smallest absolute Gasteiger partial charge is 0.326 e. The highest BCUT2D eigenvalue weighted by atomic mass is 16.4. The van der Waals surface area contributed by atoms with Crippen molar-refractivity contribution in [2.75, 3.05) is 11.4 Å². The van der Waals surface area contributed by atoms with Gasteiger partial charge in [0.05, 0.1) is 0 Å². The molecule has 0 saturated heterocycles. The van der Waals surface area contributed by atoms with Gasteiger partial charge in [-0.15, -0.1) is 0 Å². The monoisotopic (exact) mass is 266 g/mol. The van der Waals surface area contributed by atoms with Crippen molar-refractivity contribution in [2.24, 2.45) is 0 Å². The second kappa shape index (κ2) is 6.63. The summed E-state index contributed by atoms with van der Waals surface area (Å²) in [4.78, 5) is 24.3. The van der Waals surface area contributed by atoms with Crippen LogP contribution < -0.4 is 10.2 Å². The molecule has 0 spiro atoms. The fourth-order valence-corrected chi connectivity index (χ4v) is 1.67. The number of rotatable bonds is 5. The summed E-state index contributed by atoms with van der Waals surface area (Å²) in [6, 6.07) is 4.83. The van der Waals surface area contributed by atoms with Crippen LogP contribution in [0.4, 0.5) is 10.5 Å². The van der Waals surface area contributed by atoms with E-state index >= 15 is 0 Å². The molecular weight excluding hydrogens is 248 g/mol. The molecule has 1 atom stereocenters. The van der Waals surface area contributed by atoms with E-state index in [-0.39, 0.29) is 5.75 Å². The molecule has 0 bridgehead atoms. The number of phenols is 1. The Morgan fingerprint density at radius 3 is 2.53 bits per heavy atom. The van der Waals surface area contributed by atoms with Gasteiger partial charge in [0, 0.05) is 18.3 Å². The molecule has 0 saturated carbocycles. The van der Waals surface area contributed by atoms with Crippen LogP contribution in [0.3, 0.4) is 0 Å². The topological polar surface area (TPSA) is 89.9 Å². The lowest BCUT2D eigenvalue weighted by Gasteiger charge is -2.23. The predicted molar refractivity (Wildman–Crippen MR) is 71.4 cm³/mol. The number of urea groups is 1. The maximum Gasteiger partial charge on any atom is 0.326 e. The predicted octanol–water partition coefficient (Wildman–Crippen LogP) is 1.79. The summed E-state index contributed by atoms with van der Waals surface area (Å²) in [5.74, 6) is -1.02. The van der Waals surface area contributed by atoms with Crippen LogP contribution in [0.5, 0.6) is 5.75 Å². The number of phenolic OH excluding ortho intramolecular Hbond substituents is 1. The number of amides is 2. The van der Waals surface area contributed by atoms with Crippen molar-refractivity contribution in [1.82, 2.24) is 5.32 Å². The van der Waals surface area contributed by atoms with Crippen LogP contribution in [-0.4, -0.2) is 34.8 Å². The number of benzene rings is 1. The van der Waals surface area contributed by atoms with Crippen molar-refractivity contribution >= 4 is 17.7 Å². The molecule has 1 aromatic rings. The lowest BCUT2D eigenvalue weighted by Crippen LogP contribution is -2.47. The maximum absolute atomic E-state index is 12.0. The molecule has 1 aromatic carbocycles. The summed E-state index contributed by atoms with van der Waals surface area (Å²) < 4.78 is 0. The van der Waals surface area contributed by atoms with Gasteiger partial charge in [-0.25, -0.2) is 9.59 Å².